The van der Waals surface area contributed by atoms with E-state index in [2.05, 4.69) is 39.6 Å². The van der Waals surface area contributed by atoms with E-state index in [-0.39, 0.29) is 17.0 Å². The average Bonchev–Trinajstić information content (AvgIpc) is 3.18. The molecule has 0 radical (unpaired) electrons. The molecule has 1 heterocycles. The van der Waals surface area contributed by atoms with Crippen LogP contribution in [0.1, 0.15) is 56.2 Å². The molecule has 39 heavy (non-hydrogen) atoms. The Morgan fingerprint density at radius 2 is 1.77 bits per heavy atom. The predicted octanol–water partition coefficient (Wildman–Crippen LogP) is 7.95. The van der Waals surface area contributed by atoms with Crippen molar-refractivity contribution in [3.63, 3.8) is 0 Å². The minimum atomic E-state index is -0.343. The van der Waals surface area contributed by atoms with Crippen LogP contribution in [0.2, 0.25) is 0 Å². The maximum atomic E-state index is 13.3. The number of rotatable bonds is 8. The lowest BCUT2D eigenvalue weighted by molar-refractivity contribution is 0.100. The van der Waals surface area contributed by atoms with Crippen LogP contribution in [-0.4, -0.2) is 21.5 Å². The van der Waals surface area contributed by atoms with E-state index in [0.717, 1.165) is 23.0 Å². The number of aryl methyl sites for hydroxylation is 1. The van der Waals surface area contributed by atoms with Crippen molar-refractivity contribution in [1.82, 2.24) is 9.78 Å². The van der Waals surface area contributed by atoms with Gasteiger partial charge in [-0.1, -0.05) is 55.7 Å². The van der Waals surface area contributed by atoms with Crippen molar-refractivity contribution in [2.24, 2.45) is 22.1 Å². The highest BCUT2D eigenvalue weighted by molar-refractivity contribution is 5.68. The second-order valence-electron chi connectivity index (χ2n) is 10.7. The summed E-state index contributed by atoms with van der Waals surface area (Å²) in [7, 11) is 0. The number of nitrogens with zero attached hydrogens (tertiary/aromatic N) is 3. The number of benzene rings is 3. The molecule has 0 spiro atoms. The van der Waals surface area contributed by atoms with Crippen LogP contribution in [0.5, 0.6) is 11.5 Å². The van der Waals surface area contributed by atoms with Crippen LogP contribution in [0, 0.1) is 18.8 Å². The van der Waals surface area contributed by atoms with Crippen LogP contribution in [0.15, 0.2) is 81.8 Å². The summed E-state index contributed by atoms with van der Waals surface area (Å²) in [6.07, 6.45) is 6.82. The smallest absolute Gasteiger partial charge is 0.299 e. The highest BCUT2D eigenvalue weighted by atomic mass is 16.5. The topological polar surface area (TPSA) is 92.0 Å². The number of para-hydroxylation sites is 1. The minimum Gasteiger partial charge on any atom is -0.508 e. The number of aromatic nitrogens is 2. The van der Waals surface area contributed by atoms with Gasteiger partial charge in [-0.2, -0.15) is 0 Å². The van der Waals surface area contributed by atoms with Gasteiger partial charge in [-0.3, -0.25) is 9.89 Å². The van der Waals surface area contributed by atoms with Gasteiger partial charge in [0, 0.05) is 6.07 Å². The normalized spacial score (nSPS) is 19.1. The summed E-state index contributed by atoms with van der Waals surface area (Å²) >= 11 is 0. The monoisotopic (exact) mass is 522 g/mol. The fourth-order valence-corrected chi connectivity index (χ4v) is 5.94. The summed E-state index contributed by atoms with van der Waals surface area (Å²) in [6, 6.07) is 21.2. The number of phenols is 1. The summed E-state index contributed by atoms with van der Waals surface area (Å²) in [5.74, 6) is 3.14. The van der Waals surface area contributed by atoms with Gasteiger partial charge in [-0.05, 0) is 85.4 Å². The quantitative estimate of drug-likeness (QED) is 0.230. The molecule has 0 amide bonds. The fourth-order valence-electron chi connectivity index (χ4n) is 5.94. The molecule has 3 aromatic carbocycles. The van der Waals surface area contributed by atoms with E-state index < -0.39 is 0 Å². The number of hydrogen-bond donors (Lipinski definition) is 2. The van der Waals surface area contributed by atoms with E-state index in [1.807, 2.05) is 31.2 Å². The van der Waals surface area contributed by atoms with Crippen LogP contribution >= 0.6 is 0 Å². The number of aromatic hydroxyl groups is 1. The zero-order valence-electron chi connectivity index (χ0n) is 22.4. The molecule has 6 rings (SSSR count). The maximum Gasteiger partial charge on any atom is 0.299 e. The molecule has 2 aliphatic carbocycles. The van der Waals surface area contributed by atoms with Crippen molar-refractivity contribution in [1.29, 1.82) is 0 Å². The van der Waals surface area contributed by atoms with Crippen LogP contribution in [0.4, 0.5) is 11.4 Å². The molecule has 2 N–H and O–H groups in total. The van der Waals surface area contributed by atoms with Gasteiger partial charge < -0.3 is 9.84 Å². The van der Waals surface area contributed by atoms with E-state index in [1.165, 1.54) is 42.3 Å². The number of azo groups is 1. The molecule has 7 nitrogen and oxygen atoms in total. The predicted molar refractivity (Wildman–Crippen MR) is 153 cm³/mol. The molecule has 4 aromatic rings. The first-order valence-electron chi connectivity index (χ1n) is 13.9. The summed E-state index contributed by atoms with van der Waals surface area (Å²) in [5.41, 5.74) is 4.78. The number of ether oxygens (including phenoxy) is 1. The molecule has 200 valence electrons. The molecular formula is C32H34N4O3. The molecule has 2 atom stereocenters. The van der Waals surface area contributed by atoms with Crippen molar-refractivity contribution in [2.45, 2.75) is 51.9 Å². The first-order valence-corrected chi connectivity index (χ1v) is 13.9. The standard InChI is InChI=1S/C32H34N4O3/c1-3-39-30-10-5-4-9-29(30)33-34-31-20(2)35-36(32(31)38)25-17-24(18-26(37)19-25)21-11-13-23(14-12-21)28-16-15-27(28)22-7-6-8-22/h4-5,9-14,17-19,22,27-28,35,37H,3,6-8,15-16H2,1-2H3. The molecule has 2 aliphatic rings. The molecule has 2 saturated carbocycles. The number of aromatic amines is 1. The summed E-state index contributed by atoms with van der Waals surface area (Å²) in [4.78, 5) is 13.3. The van der Waals surface area contributed by atoms with Crippen LogP contribution in [0.3, 0.4) is 0 Å². The van der Waals surface area contributed by atoms with Crippen LogP contribution in [0.25, 0.3) is 16.8 Å². The summed E-state index contributed by atoms with van der Waals surface area (Å²) < 4.78 is 7.01. The fraction of sp³-hybridized carbons (Fsp3) is 0.344. The SMILES string of the molecule is CCOc1ccccc1N=Nc1c(C)[nH]n(-c2cc(O)cc(-c3ccc(C4CCC4C4CCC4)cc3)c2)c1=O. The van der Waals surface area contributed by atoms with Crippen LogP contribution in [-0.2, 0) is 0 Å². The average molecular weight is 523 g/mol. The van der Waals surface area contributed by atoms with Crippen molar-refractivity contribution >= 4 is 11.4 Å². The Hall–Kier alpha value is -4.13. The van der Waals surface area contributed by atoms with Crippen molar-refractivity contribution in [3.05, 3.63) is 88.3 Å². The highest BCUT2D eigenvalue weighted by Crippen LogP contribution is 2.52. The van der Waals surface area contributed by atoms with Gasteiger partial charge in [0.15, 0.2) is 5.69 Å². The summed E-state index contributed by atoms with van der Waals surface area (Å²) in [6.45, 7) is 4.19. The second kappa shape index (κ2) is 10.6. The Bertz CT molecular complexity index is 1560. The Balaban J connectivity index is 1.27. The van der Waals surface area contributed by atoms with Gasteiger partial charge in [-0.15, -0.1) is 10.2 Å². The van der Waals surface area contributed by atoms with Gasteiger partial charge in [0.25, 0.3) is 5.56 Å². The number of H-pyrrole nitrogens is 1. The molecule has 7 heteroatoms. The lowest BCUT2D eigenvalue weighted by Gasteiger charge is -2.46. The Labute approximate surface area is 228 Å². The second-order valence-corrected chi connectivity index (χ2v) is 10.7. The maximum absolute atomic E-state index is 13.3. The molecule has 2 unspecified atom stereocenters. The highest BCUT2D eigenvalue weighted by Gasteiger charge is 2.39. The van der Waals surface area contributed by atoms with E-state index in [9.17, 15) is 9.90 Å². The molecule has 2 fully saturated rings. The summed E-state index contributed by atoms with van der Waals surface area (Å²) in [5, 5.41) is 22.2. The number of hydrogen-bond acceptors (Lipinski definition) is 5. The van der Waals surface area contributed by atoms with Gasteiger partial charge in [0.2, 0.25) is 0 Å². The Morgan fingerprint density at radius 3 is 2.46 bits per heavy atom. The number of phenolic OH excluding ortho intramolecular Hbond substituents is 1. The first kappa shape index (κ1) is 25.2. The lowest BCUT2D eigenvalue weighted by atomic mass is 9.59. The molecule has 1 aromatic heterocycles. The van der Waals surface area contributed by atoms with Crippen molar-refractivity contribution < 1.29 is 9.84 Å². The third-order valence-corrected chi connectivity index (χ3v) is 8.38. The largest absolute Gasteiger partial charge is 0.508 e. The van der Waals surface area contributed by atoms with Gasteiger partial charge in [0.1, 0.15) is 17.2 Å². The minimum absolute atomic E-state index is 0.0867. The van der Waals surface area contributed by atoms with Gasteiger partial charge in [0.05, 0.1) is 18.0 Å². The number of nitrogens with one attached hydrogen (secondary N) is 1. The Morgan fingerprint density at radius 1 is 0.974 bits per heavy atom. The molecule has 0 bridgehead atoms. The van der Waals surface area contributed by atoms with E-state index >= 15 is 0 Å². The molecule has 0 saturated heterocycles. The van der Waals surface area contributed by atoms with Gasteiger partial charge >= 0.3 is 0 Å². The van der Waals surface area contributed by atoms with Crippen molar-refractivity contribution in [3.8, 4) is 28.3 Å². The van der Waals surface area contributed by atoms with E-state index in [0.29, 0.717) is 35.3 Å². The van der Waals surface area contributed by atoms with Crippen LogP contribution < -0.4 is 10.3 Å². The zero-order chi connectivity index (χ0) is 26.9. The molecular weight excluding hydrogens is 488 g/mol. The van der Waals surface area contributed by atoms with E-state index in [4.69, 9.17) is 4.74 Å². The van der Waals surface area contributed by atoms with Gasteiger partial charge in [-0.25, -0.2) is 4.68 Å². The third kappa shape index (κ3) is 4.89. The third-order valence-electron chi connectivity index (χ3n) is 8.38. The van der Waals surface area contributed by atoms with E-state index in [1.54, 1.807) is 25.1 Å². The lowest BCUT2D eigenvalue weighted by Crippen LogP contribution is -2.34. The molecule has 0 aliphatic heterocycles. The zero-order valence-corrected chi connectivity index (χ0v) is 22.4. The Kier molecular flexibility index (Phi) is 6.81. The first-order chi connectivity index (χ1) is 19.0. The van der Waals surface area contributed by atoms with Crippen molar-refractivity contribution in [2.75, 3.05) is 6.61 Å².